The molecule has 0 radical (unpaired) electrons. The summed E-state index contributed by atoms with van der Waals surface area (Å²) in [5, 5.41) is 9.62. The molecule has 30 heavy (non-hydrogen) atoms. The molecule has 0 bridgehead atoms. The lowest BCUT2D eigenvalue weighted by Crippen LogP contribution is -2.36. The second-order valence-corrected chi connectivity index (χ2v) is 10.6. The number of piperidine rings is 1. The van der Waals surface area contributed by atoms with Crippen LogP contribution in [-0.4, -0.2) is 43.8 Å². The second kappa shape index (κ2) is 10.4. The fourth-order valence-corrected chi connectivity index (χ4v) is 5.79. The Kier molecular flexibility index (Phi) is 7.85. The van der Waals surface area contributed by atoms with Crippen molar-refractivity contribution in [2.24, 2.45) is 4.99 Å². The van der Waals surface area contributed by atoms with Crippen molar-refractivity contribution >= 4 is 27.3 Å². The number of hydrogen-bond donors (Lipinski definition) is 2. The Morgan fingerprint density at radius 2 is 1.93 bits per heavy atom. The summed E-state index contributed by atoms with van der Waals surface area (Å²) in [6, 6.07) is 7.15. The van der Waals surface area contributed by atoms with Crippen LogP contribution in [0.1, 0.15) is 55.3 Å². The van der Waals surface area contributed by atoms with Gasteiger partial charge in [0.15, 0.2) is 5.96 Å². The Balaban J connectivity index is 1.58. The molecule has 0 spiro atoms. The maximum Gasteiger partial charge on any atom is 0.243 e. The minimum absolute atomic E-state index is 0.357. The van der Waals surface area contributed by atoms with Crippen LogP contribution >= 0.6 is 11.3 Å². The van der Waals surface area contributed by atoms with Gasteiger partial charge in [-0.2, -0.15) is 4.31 Å². The van der Waals surface area contributed by atoms with E-state index in [9.17, 15) is 8.42 Å². The standard InChI is InChI=1S/C21H31N5O2S2/c1-16(2)19-15-29-20(25-19)14-24-21(22-3)23-13-17-8-7-9-18(12-17)30(27,28)26-10-5-4-6-11-26/h7-9,12,15-16H,4-6,10-11,13-14H2,1-3H3,(H2,22,23,24). The third-order valence-electron chi connectivity index (χ3n) is 5.10. The van der Waals surface area contributed by atoms with E-state index in [2.05, 4.69) is 39.8 Å². The van der Waals surface area contributed by atoms with Crippen molar-refractivity contribution in [2.75, 3.05) is 20.1 Å². The molecule has 2 N–H and O–H groups in total. The maximum atomic E-state index is 12.9. The molecule has 0 saturated carbocycles. The van der Waals surface area contributed by atoms with E-state index in [0.717, 1.165) is 35.5 Å². The summed E-state index contributed by atoms with van der Waals surface area (Å²) < 4.78 is 27.4. The average molecular weight is 450 g/mol. The molecule has 1 aliphatic heterocycles. The van der Waals surface area contributed by atoms with E-state index in [1.165, 1.54) is 0 Å². The zero-order valence-electron chi connectivity index (χ0n) is 17.9. The first-order valence-corrected chi connectivity index (χ1v) is 12.7. The largest absolute Gasteiger partial charge is 0.352 e. The van der Waals surface area contributed by atoms with Gasteiger partial charge >= 0.3 is 0 Å². The molecule has 2 aromatic rings. The Bertz CT molecular complexity index is 963. The van der Waals surface area contributed by atoms with Gasteiger partial charge in [0, 0.05) is 32.1 Å². The molecule has 0 atom stereocenters. The number of nitrogens with zero attached hydrogens (tertiary/aromatic N) is 3. The van der Waals surface area contributed by atoms with Crippen LogP contribution in [0.4, 0.5) is 0 Å². The van der Waals surface area contributed by atoms with E-state index < -0.39 is 10.0 Å². The summed E-state index contributed by atoms with van der Waals surface area (Å²) >= 11 is 1.64. The Morgan fingerprint density at radius 3 is 2.60 bits per heavy atom. The number of benzene rings is 1. The van der Waals surface area contributed by atoms with Gasteiger partial charge in [-0.15, -0.1) is 11.3 Å². The average Bonchev–Trinajstić information content (AvgIpc) is 3.24. The van der Waals surface area contributed by atoms with Gasteiger partial charge in [0.2, 0.25) is 10.0 Å². The molecule has 9 heteroatoms. The zero-order valence-corrected chi connectivity index (χ0v) is 19.5. The highest BCUT2D eigenvalue weighted by Crippen LogP contribution is 2.21. The van der Waals surface area contributed by atoms with E-state index in [-0.39, 0.29) is 0 Å². The Morgan fingerprint density at radius 1 is 1.20 bits per heavy atom. The van der Waals surface area contributed by atoms with Gasteiger partial charge in [-0.05, 0) is 36.5 Å². The van der Waals surface area contributed by atoms with Gasteiger partial charge in [-0.25, -0.2) is 13.4 Å². The molecule has 164 valence electrons. The lowest BCUT2D eigenvalue weighted by atomic mass is 10.2. The minimum atomic E-state index is -3.43. The summed E-state index contributed by atoms with van der Waals surface area (Å²) in [7, 11) is -1.71. The summed E-state index contributed by atoms with van der Waals surface area (Å²) in [4.78, 5) is 9.23. The SMILES string of the molecule is CN=C(NCc1cccc(S(=O)(=O)N2CCCCC2)c1)NCc1nc(C(C)C)cs1. The highest BCUT2D eigenvalue weighted by atomic mass is 32.2. The minimum Gasteiger partial charge on any atom is -0.352 e. The molecule has 2 heterocycles. The number of rotatable bonds is 7. The Hall–Kier alpha value is -1.97. The fraction of sp³-hybridized carbons (Fsp3) is 0.524. The Labute approximate surface area is 183 Å². The van der Waals surface area contributed by atoms with Crippen LogP contribution in [0.2, 0.25) is 0 Å². The highest BCUT2D eigenvalue weighted by Gasteiger charge is 2.25. The van der Waals surface area contributed by atoms with Gasteiger partial charge in [0.25, 0.3) is 0 Å². The van der Waals surface area contributed by atoms with Crippen LogP contribution in [0, 0.1) is 0 Å². The second-order valence-electron chi connectivity index (χ2n) is 7.71. The number of guanidine groups is 1. The van der Waals surface area contributed by atoms with Crippen molar-refractivity contribution < 1.29 is 8.42 Å². The third-order valence-corrected chi connectivity index (χ3v) is 7.86. The normalized spacial score (nSPS) is 16.1. The first-order valence-electron chi connectivity index (χ1n) is 10.4. The lowest BCUT2D eigenvalue weighted by Gasteiger charge is -2.26. The molecule has 3 rings (SSSR count). The topological polar surface area (TPSA) is 86.7 Å². The highest BCUT2D eigenvalue weighted by molar-refractivity contribution is 7.89. The predicted molar refractivity (Wildman–Crippen MR) is 122 cm³/mol. The molecular formula is C21H31N5O2S2. The molecule has 1 aliphatic rings. The molecule has 0 amide bonds. The molecule has 7 nitrogen and oxygen atoms in total. The molecule has 0 aliphatic carbocycles. The predicted octanol–water partition coefficient (Wildman–Crippen LogP) is 3.31. The summed E-state index contributed by atoms with van der Waals surface area (Å²) in [5.41, 5.74) is 2.00. The maximum absolute atomic E-state index is 12.9. The van der Waals surface area contributed by atoms with E-state index in [1.807, 2.05) is 6.07 Å². The van der Waals surface area contributed by atoms with E-state index in [4.69, 9.17) is 0 Å². The van der Waals surface area contributed by atoms with Crippen LogP contribution in [0.15, 0.2) is 39.5 Å². The summed E-state index contributed by atoms with van der Waals surface area (Å²) in [6.45, 7) is 6.56. The quantitative estimate of drug-likeness (QED) is 0.500. The van der Waals surface area contributed by atoms with E-state index in [0.29, 0.717) is 43.0 Å². The van der Waals surface area contributed by atoms with Gasteiger partial charge in [0.05, 0.1) is 17.1 Å². The van der Waals surface area contributed by atoms with Crippen molar-refractivity contribution in [1.29, 1.82) is 0 Å². The number of sulfonamides is 1. The first-order chi connectivity index (χ1) is 14.4. The fourth-order valence-electron chi connectivity index (χ4n) is 3.31. The number of nitrogens with one attached hydrogen (secondary N) is 2. The van der Waals surface area contributed by atoms with Crippen LogP contribution in [0.3, 0.4) is 0 Å². The first kappa shape index (κ1) is 22.7. The van der Waals surface area contributed by atoms with Crippen LogP contribution in [-0.2, 0) is 23.1 Å². The number of hydrogen-bond acceptors (Lipinski definition) is 5. The molecule has 1 aromatic carbocycles. The van der Waals surface area contributed by atoms with Crippen LogP contribution in [0.25, 0.3) is 0 Å². The van der Waals surface area contributed by atoms with Crippen molar-refractivity contribution in [3.05, 3.63) is 45.9 Å². The molecular weight excluding hydrogens is 418 g/mol. The summed E-state index contributed by atoms with van der Waals surface area (Å²) in [5.74, 6) is 1.07. The molecule has 1 saturated heterocycles. The third kappa shape index (κ3) is 5.80. The van der Waals surface area contributed by atoms with Gasteiger partial charge < -0.3 is 10.6 Å². The van der Waals surface area contributed by atoms with Crippen molar-refractivity contribution in [1.82, 2.24) is 19.9 Å². The molecule has 1 aromatic heterocycles. The molecule has 0 unspecified atom stereocenters. The zero-order chi connectivity index (χ0) is 21.6. The van der Waals surface area contributed by atoms with Gasteiger partial charge in [-0.3, -0.25) is 4.99 Å². The smallest absolute Gasteiger partial charge is 0.243 e. The summed E-state index contributed by atoms with van der Waals surface area (Å²) in [6.07, 6.45) is 2.96. The van der Waals surface area contributed by atoms with Crippen molar-refractivity contribution in [3.8, 4) is 0 Å². The van der Waals surface area contributed by atoms with E-state index >= 15 is 0 Å². The number of aromatic nitrogens is 1. The monoisotopic (exact) mass is 449 g/mol. The van der Waals surface area contributed by atoms with Crippen LogP contribution in [0.5, 0.6) is 0 Å². The number of aliphatic imine (C=N–C) groups is 1. The molecule has 1 fully saturated rings. The van der Waals surface area contributed by atoms with Gasteiger partial charge in [0.1, 0.15) is 5.01 Å². The van der Waals surface area contributed by atoms with E-state index in [1.54, 1.807) is 40.9 Å². The van der Waals surface area contributed by atoms with Gasteiger partial charge in [-0.1, -0.05) is 32.4 Å². The lowest BCUT2D eigenvalue weighted by molar-refractivity contribution is 0.346. The van der Waals surface area contributed by atoms with Crippen molar-refractivity contribution in [2.45, 2.75) is 57.0 Å². The number of thiazole rings is 1. The van der Waals surface area contributed by atoms with Crippen molar-refractivity contribution in [3.63, 3.8) is 0 Å². The van der Waals surface area contributed by atoms with Crippen LogP contribution < -0.4 is 10.6 Å².